The predicted octanol–water partition coefficient (Wildman–Crippen LogP) is -0.0438. The lowest BCUT2D eigenvalue weighted by Crippen LogP contribution is -2.28. The monoisotopic (exact) mass is 200 g/mol. The van der Waals surface area contributed by atoms with Crippen molar-refractivity contribution in [2.75, 3.05) is 26.2 Å². The molecule has 1 amide bonds. The number of nitrogens with zero attached hydrogens (tertiary/aromatic N) is 1. The first-order chi connectivity index (χ1) is 6.77. The minimum absolute atomic E-state index is 0.201. The fraction of sp³-hybridized carbons (Fsp3) is 0.900. The summed E-state index contributed by atoms with van der Waals surface area (Å²) in [6.45, 7) is 2.41. The molecule has 1 aliphatic heterocycles. The standard InChI is InChI=1S/C10H20N2O2/c11-5-2-1-3-10(14)12-6-4-9(7-12)8-13/h9,13H,1-8,11H2. The van der Waals surface area contributed by atoms with Crippen LogP contribution in [0, 0.1) is 5.92 Å². The van der Waals surface area contributed by atoms with Gasteiger partial charge in [-0.1, -0.05) is 0 Å². The molecule has 0 bridgehead atoms. The topological polar surface area (TPSA) is 66.6 Å². The molecular weight excluding hydrogens is 180 g/mol. The van der Waals surface area contributed by atoms with Gasteiger partial charge in [-0.05, 0) is 25.8 Å². The first-order valence-corrected chi connectivity index (χ1v) is 5.36. The van der Waals surface area contributed by atoms with Crippen LogP contribution in [-0.2, 0) is 4.79 Å². The van der Waals surface area contributed by atoms with E-state index in [9.17, 15) is 4.79 Å². The summed E-state index contributed by atoms with van der Waals surface area (Å²) in [5, 5.41) is 8.93. The molecule has 4 nitrogen and oxygen atoms in total. The molecule has 1 heterocycles. The summed E-state index contributed by atoms with van der Waals surface area (Å²) in [6, 6.07) is 0. The van der Waals surface area contributed by atoms with Gasteiger partial charge >= 0.3 is 0 Å². The van der Waals surface area contributed by atoms with Gasteiger partial charge in [-0.2, -0.15) is 0 Å². The van der Waals surface area contributed by atoms with Gasteiger partial charge in [0, 0.05) is 32.0 Å². The smallest absolute Gasteiger partial charge is 0.222 e. The molecule has 3 N–H and O–H groups in total. The number of likely N-dealkylation sites (tertiary alicyclic amines) is 1. The third-order valence-corrected chi connectivity index (χ3v) is 2.74. The molecule has 1 rings (SSSR count). The van der Waals surface area contributed by atoms with E-state index in [1.165, 1.54) is 0 Å². The molecule has 1 fully saturated rings. The fourth-order valence-corrected chi connectivity index (χ4v) is 1.79. The summed E-state index contributed by atoms with van der Waals surface area (Å²) in [7, 11) is 0. The first-order valence-electron chi connectivity index (χ1n) is 5.36. The molecule has 82 valence electrons. The molecule has 0 saturated carbocycles. The van der Waals surface area contributed by atoms with Crippen LogP contribution in [-0.4, -0.2) is 42.2 Å². The highest BCUT2D eigenvalue weighted by Crippen LogP contribution is 2.16. The van der Waals surface area contributed by atoms with Gasteiger partial charge in [0.1, 0.15) is 0 Å². The van der Waals surface area contributed by atoms with E-state index in [1.807, 2.05) is 4.90 Å². The molecule has 14 heavy (non-hydrogen) atoms. The second-order valence-corrected chi connectivity index (χ2v) is 3.92. The van der Waals surface area contributed by atoms with Crippen molar-refractivity contribution in [1.29, 1.82) is 0 Å². The molecule has 1 unspecified atom stereocenters. The van der Waals surface area contributed by atoms with E-state index in [1.54, 1.807) is 0 Å². The highest BCUT2D eigenvalue weighted by Gasteiger charge is 2.24. The fourth-order valence-electron chi connectivity index (χ4n) is 1.79. The SMILES string of the molecule is NCCCCC(=O)N1CCC(CO)C1. The minimum atomic E-state index is 0.201. The van der Waals surface area contributed by atoms with E-state index in [2.05, 4.69) is 0 Å². The van der Waals surface area contributed by atoms with Crippen molar-refractivity contribution >= 4 is 5.91 Å². The quantitative estimate of drug-likeness (QED) is 0.612. The Morgan fingerprint density at radius 3 is 2.86 bits per heavy atom. The Hall–Kier alpha value is -0.610. The average Bonchev–Trinajstić information content (AvgIpc) is 2.66. The molecule has 1 aliphatic rings. The molecule has 0 aromatic carbocycles. The largest absolute Gasteiger partial charge is 0.396 e. The van der Waals surface area contributed by atoms with Gasteiger partial charge in [-0.15, -0.1) is 0 Å². The Morgan fingerprint density at radius 1 is 1.50 bits per heavy atom. The van der Waals surface area contributed by atoms with Crippen molar-refractivity contribution in [3.63, 3.8) is 0 Å². The lowest BCUT2D eigenvalue weighted by Gasteiger charge is -2.15. The number of hydrogen-bond acceptors (Lipinski definition) is 3. The number of carbonyl (C=O) groups excluding carboxylic acids is 1. The molecule has 0 aromatic heterocycles. The molecule has 0 radical (unpaired) electrons. The van der Waals surface area contributed by atoms with Crippen LogP contribution >= 0.6 is 0 Å². The van der Waals surface area contributed by atoms with Crippen molar-refractivity contribution in [2.45, 2.75) is 25.7 Å². The van der Waals surface area contributed by atoms with Crippen LogP contribution in [0.5, 0.6) is 0 Å². The number of carbonyl (C=O) groups is 1. The van der Waals surface area contributed by atoms with Crippen molar-refractivity contribution in [3.8, 4) is 0 Å². The number of amides is 1. The van der Waals surface area contributed by atoms with Crippen molar-refractivity contribution in [3.05, 3.63) is 0 Å². The Labute approximate surface area is 85.1 Å². The Balaban J connectivity index is 2.18. The van der Waals surface area contributed by atoms with Crippen molar-refractivity contribution in [1.82, 2.24) is 4.90 Å². The maximum absolute atomic E-state index is 11.6. The van der Waals surface area contributed by atoms with Crippen LogP contribution in [0.2, 0.25) is 0 Å². The lowest BCUT2D eigenvalue weighted by atomic mass is 10.1. The van der Waals surface area contributed by atoms with Gasteiger partial charge in [0.25, 0.3) is 0 Å². The van der Waals surface area contributed by atoms with Gasteiger partial charge in [-0.25, -0.2) is 0 Å². The van der Waals surface area contributed by atoms with E-state index in [0.29, 0.717) is 18.9 Å². The van der Waals surface area contributed by atoms with E-state index in [-0.39, 0.29) is 12.5 Å². The summed E-state index contributed by atoms with van der Waals surface area (Å²) >= 11 is 0. The molecule has 1 atom stereocenters. The molecule has 0 spiro atoms. The Kier molecular flexibility index (Phi) is 4.90. The molecule has 0 aromatic rings. The molecule has 4 heteroatoms. The highest BCUT2D eigenvalue weighted by atomic mass is 16.3. The van der Waals surface area contributed by atoms with Gasteiger partial charge in [0.15, 0.2) is 0 Å². The number of aliphatic hydroxyl groups excluding tert-OH is 1. The van der Waals surface area contributed by atoms with Crippen LogP contribution < -0.4 is 5.73 Å². The van der Waals surface area contributed by atoms with E-state index < -0.39 is 0 Å². The summed E-state index contributed by atoms with van der Waals surface area (Å²) < 4.78 is 0. The van der Waals surface area contributed by atoms with Gasteiger partial charge < -0.3 is 15.7 Å². The maximum Gasteiger partial charge on any atom is 0.222 e. The van der Waals surface area contributed by atoms with Gasteiger partial charge in [0.2, 0.25) is 5.91 Å². The molecule has 1 saturated heterocycles. The zero-order valence-corrected chi connectivity index (χ0v) is 8.61. The zero-order valence-electron chi connectivity index (χ0n) is 8.61. The maximum atomic E-state index is 11.6. The summed E-state index contributed by atoms with van der Waals surface area (Å²) in [6.07, 6.45) is 3.35. The van der Waals surface area contributed by atoms with Crippen molar-refractivity contribution in [2.24, 2.45) is 11.7 Å². The number of unbranched alkanes of at least 4 members (excludes halogenated alkanes) is 1. The van der Waals surface area contributed by atoms with E-state index >= 15 is 0 Å². The third kappa shape index (κ3) is 3.27. The van der Waals surface area contributed by atoms with Crippen LogP contribution in [0.3, 0.4) is 0 Å². The van der Waals surface area contributed by atoms with Crippen molar-refractivity contribution < 1.29 is 9.90 Å². The number of rotatable bonds is 5. The highest BCUT2D eigenvalue weighted by molar-refractivity contribution is 5.76. The zero-order chi connectivity index (χ0) is 10.4. The van der Waals surface area contributed by atoms with E-state index in [0.717, 1.165) is 32.4 Å². The second-order valence-electron chi connectivity index (χ2n) is 3.92. The van der Waals surface area contributed by atoms with E-state index in [4.69, 9.17) is 10.8 Å². The molecule has 0 aliphatic carbocycles. The normalized spacial score (nSPS) is 21.6. The lowest BCUT2D eigenvalue weighted by molar-refractivity contribution is -0.130. The Morgan fingerprint density at radius 2 is 2.29 bits per heavy atom. The number of nitrogens with two attached hydrogens (primary N) is 1. The second kappa shape index (κ2) is 5.98. The van der Waals surface area contributed by atoms with Gasteiger partial charge in [-0.3, -0.25) is 4.79 Å². The number of aliphatic hydroxyl groups is 1. The van der Waals surface area contributed by atoms with Crippen LogP contribution in [0.4, 0.5) is 0 Å². The third-order valence-electron chi connectivity index (χ3n) is 2.74. The Bertz CT molecular complexity index is 185. The average molecular weight is 200 g/mol. The van der Waals surface area contributed by atoms with Crippen LogP contribution in [0.15, 0.2) is 0 Å². The van der Waals surface area contributed by atoms with Crippen LogP contribution in [0.25, 0.3) is 0 Å². The summed E-state index contributed by atoms with van der Waals surface area (Å²) in [5.41, 5.74) is 5.35. The number of hydrogen-bond donors (Lipinski definition) is 2. The minimum Gasteiger partial charge on any atom is -0.396 e. The summed E-state index contributed by atoms with van der Waals surface area (Å²) in [4.78, 5) is 13.4. The summed E-state index contributed by atoms with van der Waals surface area (Å²) in [5.74, 6) is 0.517. The predicted molar refractivity (Wildman–Crippen MR) is 54.7 cm³/mol. The molecular formula is C10H20N2O2. The first kappa shape index (κ1) is 11.5. The van der Waals surface area contributed by atoms with Gasteiger partial charge in [0.05, 0.1) is 0 Å². The van der Waals surface area contributed by atoms with Crippen LogP contribution in [0.1, 0.15) is 25.7 Å².